The van der Waals surface area contributed by atoms with Gasteiger partial charge < -0.3 is 10.6 Å². The number of pyridine rings is 1. The normalized spacial score (nSPS) is 9.50. The summed E-state index contributed by atoms with van der Waals surface area (Å²) >= 11 is 0. The van der Waals surface area contributed by atoms with E-state index >= 15 is 0 Å². The summed E-state index contributed by atoms with van der Waals surface area (Å²) in [6.45, 7) is 0.449. The second-order valence-electron chi connectivity index (χ2n) is 3.20. The van der Waals surface area contributed by atoms with Crippen molar-refractivity contribution in [2.75, 3.05) is 24.2 Å². The first-order valence-electron chi connectivity index (χ1n) is 4.54. The van der Waals surface area contributed by atoms with Crippen molar-refractivity contribution in [2.45, 2.75) is 6.42 Å². The van der Waals surface area contributed by atoms with E-state index in [-0.39, 0.29) is 11.5 Å². The Bertz CT molecular complexity index is 440. The second-order valence-corrected chi connectivity index (χ2v) is 3.20. The molecule has 0 unspecified atom stereocenters. The molecule has 0 atom stereocenters. The van der Waals surface area contributed by atoms with Crippen molar-refractivity contribution in [1.29, 1.82) is 5.26 Å². The van der Waals surface area contributed by atoms with Crippen molar-refractivity contribution < 1.29 is 4.92 Å². The van der Waals surface area contributed by atoms with Crippen molar-refractivity contribution in [3.63, 3.8) is 0 Å². The number of nitrogen functional groups attached to an aromatic ring is 1. The Hall–Kier alpha value is -2.36. The van der Waals surface area contributed by atoms with Crippen molar-refractivity contribution in [2.24, 2.45) is 0 Å². The zero-order valence-electron chi connectivity index (χ0n) is 8.75. The number of aromatic nitrogens is 1. The molecule has 0 aliphatic carbocycles. The highest BCUT2D eigenvalue weighted by atomic mass is 16.6. The summed E-state index contributed by atoms with van der Waals surface area (Å²) in [5.41, 5.74) is 5.35. The van der Waals surface area contributed by atoms with Crippen LogP contribution in [0.3, 0.4) is 0 Å². The molecule has 1 aromatic rings. The quantitative estimate of drug-likeness (QED) is 0.598. The van der Waals surface area contributed by atoms with Gasteiger partial charge in [-0.05, 0) is 0 Å². The van der Waals surface area contributed by atoms with Crippen molar-refractivity contribution in [3.8, 4) is 6.07 Å². The Morgan fingerprint density at radius 2 is 2.38 bits per heavy atom. The average molecular weight is 221 g/mol. The molecule has 0 aliphatic heterocycles. The van der Waals surface area contributed by atoms with Gasteiger partial charge >= 0.3 is 0 Å². The minimum Gasteiger partial charge on any atom is -0.383 e. The van der Waals surface area contributed by atoms with Crippen molar-refractivity contribution in [3.05, 3.63) is 22.2 Å². The van der Waals surface area contributed by atoms with E-state index in [1.165, 1.54) is 12.1 Å². The Morgan fingerprint density at radius 1 is 1.69 bits per heavy atom. The van der Waals surface area contributed by atoms with Crippen LogP contribution in [-0.4, -0.2) is 23.5 Å². The van der Waals surface area contributed by atoms with Crippen LogP contribution in [0.15, 0.2) is 12.1 Å². The fourth-order valence-electron chi connectivity index (χ4n) is 1.16. The maximum Gasteiger partial charge on any atom is 0.276 e. The molecule has 0 spiro atoms. The molecule has 2 N–H and O–H groups in total. The van der Waals surface area contributed by atoms with Gasteiger partial charge in [0.15, 0.2) is 0 Å². The van der Waals surface area contributed by atoms with Crippen LogP contribution in [0, 0.1) is 21.4 Å². The second kappa shape index (κ2) is 4.93. The smallest absolute Gasteiger partial charge is 0.276 e. The predicted molar refractivity (Wildman–Crippen MR) is 58.8 cm³/mol. The molecule has 0 saturated heterocycles. The van der Waals surface area contributed by atoms with E-state index in [0.29, 0.717) is 18.8 Å². The highest BCUT2D eigenvalue weighted by molar-refractivity contribution is 5.53. The fourth-order valence-corrected chi connectivity index (χ4v) is 1.16. The first-order chi connectivity index (χ1) is 7.54. The lowest BCUT2D eigenvalue weighted by Crippen LogP contribution is -2.19. The molecule has 0 aliphatic rings. The number of hydrogen-bond acceptors (Lipinski definition) is 6. The number of hydrogen-bond donors (Lipinski definition) is 1. The van der Waals surface area contributed by atoms with Crippen LogP contribution >= 0.6 is 0 Å². The highest BCUT2D eigenvalue weighted by Crippen LogP contribution is 2.20. The molecule has 7 nitrogen and oxygen atoms in total. The van der Waals surface area contributed by atoms with Crippen LogP contribution in [0.5, 0.6) is 0 Å². The molecule has 1 heterocycles. The fraction of sp³-hybridized carbons (Fsp3) is 0.333. The van der Waals surface area contributed by atoms with Gasteiger partial charge in [0.1, 0.15) is 11.6 Å². The average Bonchev–Trinajstić information content (AvgIpc) is 2.24. The Morgan fingerprint density at radius 3 is 2.94 bits per heavy atom. The van der Waals surface area contributed by atoms with E-state index in [9.17, 15) is 10.1 Å². The van der Waals surface area contributed by atoms with Crippen molar-refractivity contribution in [1.82, 2.24) is 4.98 Å². The van der Waals surface area contributed by atoms with E-state index in [4.69, 9.17) is 11.0 Å². The summed E-state index contributed by atoms with van der Waals surface area (Å²) in [5.74, 6) is 0.481. The van der Waals surface area contributed by atoms with E-state index in [1.54, 1.807) is 11.9 Å². The van der Waals surface area contributed by atoms with E-state index in [0.717, 1.165) is 0 Å². The topological polar surface area (TPSA) is 109 Å². The van der Waals surface area contributed by atoms with Crippen LogP contribution in [0.2, 0.25) is 0 Å². The number of nitriles is 1. The summed E-state index contributed by atoms with van der Waals surface area (Å²) in [4.78, 5) is 15.7. The largest absolute Gasteiger partial charge is 0.383 e. The third-order valence-electron chi connectivity index (χ3n) is 1.98. The number of rotatable bonds is 4. The molecule has 0 fully saturated rings. The van der Waals surface area contributed by atoms with Gasteiger partial charge in [0.05, 0.1) is 29.5 Å². The van der Waals surface area contributed by atoms with Gasteiger partial charge in [-0.3, -0.25) is 10.1 Å². The molecular weight excluding hydrogens is 210 g/mol. The minimum atomic E-state index is -0.528. The molecule has 0 amide bonds. The number of anilines is 2. The molecule has 1 aromatic heterocycles. The standard InChI is InChI=1S/C9H11N5O2/c1-13(4-2-3-10)9-6-7(14(15)16)5-8(11)12-9/h5-6H,2,4H2,1H3,(H2,11,12). The Labute approximate surface area is 92.3 Å². The first kappa shape index (κ1) is 11.7. The van der Waals surface area contributed by atoms with Gasteiger partial charge in [-0.25, -0.2) is 4.98 Å². The van der Waals surface area contributed by atoms with Gasteiger partial charge in [-0.1, -0.05) is 0 Å². The summed E-state index contributed by atoms with van der Waals surface area (Å²) in [7, 11) is 1.70. The van der Waals surface area contributed by atoms with E-state index in [1.807, 2.05) is 6.07 Å². The number of nitro groups is 1. The third-order valence-corrected chi connectivity index (χ3v) is 1.98. The van der Waals surface area contributed by atoms with Gasteiger partial charge in [0, 0.05) is 13.6 Å². The third kappa shape index (κ3) is 2.81. The van der Waals surface area contributed by atoms with Gasteiger partial charge in [0.2, 0.25) is 0 Å². The molecule has 7 heteroatoms. The summed E-state index contributed by atoms with van der Waals surface area (Å²) in [6, 6.07) is 4.51. The molecular formula is C9H11N5O2. The summed E-state index contributed by atoms with van der Waals surface area (Å²) < 4.78 is 0. The van der Waals surface area contributed by atoms with E-state index in [2.05, 4.69) is 4.98 Å². The van der Waals surface area contributed by atoms with Crippen LogP contribution < -0.4 is 10.6 Å². The maximum atomic E-state index is 10.6. The molecule has 1 rings (SSSR count). The Kier molecular flexibility index (Phi) is 3.61. The zero-order valence-corrected chi connectivity index (χ0v) is 8.75. The lowest BCUT2D eigenvalue weighted by Gasteiger charge is -2.16. The van der Waals surface area contributed by atoms with Crippen LogP contribution in [-0.2, 0) is 0 Å². The van der Waals surface area contributed by atoms with E-state index < -0.39 is 4.92 Å². The minimum absolute atomic E-state index is 0.0907. The lowest BCUT2D eigenvalue weighted by molar-refractivity contribution is -0.384. The predicted octanol–water partition coefficient (Wildman–Crippen LogP) is 0.922. The summed E-state index contributed by atoms with van der Waals surface area (Å²) in [5, 5.41) is 19.0. The van der Waals surface area contributed by atoms with Gasteiger partial charge in [0.25, 0.3) is 5.69 Å². The number of nitrogens with zero attached hydrogens (tertiary/aromatic N) is 4. The van der Waals surface area contributed by atoms with Crippen LogP contribution in [0.4, 0.5) is 17.3 Å². The van der Waals surface area contributed by atoms with Gasteiger partial charge in [-0.2, -0.15) is 5.26 Å². The SMILES string of the molecule is CN(CCC#N)c1cc([N+](=O)[O-])cc(N)n1. The summed E-state index contributed by atoms with van der Waals surface area (Å²) in [6.07, 6.45) is 0.320. The van der Waals surface area contributed by atoms with Crippen LogP contribution in [0.1, 0.15) is 6.42 Å². The lowest BCUT2D eigenvalue weighted by atomic mass is 10.3. The number of nitrogens with two attached hydrogens (primary N) is 1. The maximum absolute atomic E-state index is 10.6. The molecule has 0 aromatic carbocycles. The van der Waals surface area contributed by atoms with Crippen LogP contribution in [0.25, 0.3) is 0 Å². The van der Waals surface area contributed by atoms with Gasteiger partial charge in [-0.15, -0.1) is 0 Å². The van der Waals surface area contributed by atoms with Crippen molar-refractivity contribution >= 4 is 17.3 Å². The Balaban J connectivity index is 2.96. The molecule has 0 saturated carbocycles. The monoisotopic (exact) mass is 221 g/mol. The first-order valence-corrected chi connectivity index (χ1v) is 4.54. The zero-order chi connectivity index (χ0) is 12.1. The molecule has 84 valence electrons. The highest BCUT2D eigenvalue weighted by Gasteiger charge is 2.12. The molecule has 16 heavy (non-hydrogen) atoms. The molecule has 0 radical (unpaired) electrons. The molecule has 0 bridgehead atoms.